The summed E-state index contributed by atoms with van der Waals surface area (Å²) in [5.41, 5.74) is 5.85. The Morgan fingerprint density at radius 3 is 2.60 bits per heavy atom. The number of aliphatic hydroxyl groups is 1. The van der Waals surface area contributed by atoms with Crippen LogP contribution in [0.25, 0.3) is 0 Å². The molecule has 0 saturated carbocycles. The minimum absolute atomic E-state index is 0.0528. The summed E-state index contributed by atoms with van der Waals surface area (Å²) in [6, 6.07) is 0.288. The first-order valence-corrected chi connectivity index (χ1v) is 7.63. The molecule has 7 heteroatoms. The van der Waals surface area contributed by atoms with E-state index in [9.17, 15) is 4.79 Å². The summed E-state index contributed by atoms with van der Waals surface area (Å²) in [5.74, 6) is 0.137. The maximum atomic E-state index is 12.5. The van der Waals surface area contributed by atoms with Crippen LogP contribution in [0.2, 0.25) is 0 Å². The van der Waals surface area contributed by atoms with Crippen LogP contribution >= 0.6 is 11.3 Å². The fourth-order valence-electron chi connectivity index (χ4n) is 1.76. The van der Waals surface area contributed by atoms with Gasteiger partial charge >= 0.3 is 0 Å². The molecule has 1 heterocycles. The van der Waals surface area contributed by atoms with E-state index in [-0.39, 0.29) is 30.4 Å². The molecule has 1 aromatic heterocycles. The van der Waals surface area contributed by atoms with Gasteiger partial charge in [-0.25, -0.2) is 4.98 Å². The van der Waals surface area contributed by atoms with Gasteiger partial charge in [0.15, 0.2) is 5.13 Å². The summed E-state index contributed by atoms with van der Waals surface area (Å²) >= 11 is 1.27. The number of amides is 1. The van der Waals surface area contributed by atoms with E-state index in [4.69, 9.17) is 10.8 Å². The first kappa shape index (κ1) is 16.7. The van der Waals surface area contributed by atoms with Crippen LogP contribution in [0.3, 0.4) is 0 Å². The van der Waals surface area contributed by atoms with E-state index in [0.29, 0.717) is 23.0 Å². The summed E-state index contributed by atoms with van der Waals surface area (Å²) in [5, 5.41) is 12.7. The Kier molecular flexibility index (Phi) is 6.22. The zero-order chi connectivity index (χ0) is 15.3. The van der Waals surface area contributed by atoms with Gasteiger partial charge in [0, 0.05) is 25.2 Å². The molecule has 0 aromatic carbocycles. The smallest absolute Gasteiger partial charge is 0.268 e. The summed E-state index contributed by atoms with van der Waals surface area (Å²) in [4.78, 5) is 18.9. The van der Waals surface area contributed by atoms with Gasteiger partial charge in [0.25, 0.3) is 5.91 Å². The summed E-state index contributed by atoms with van der Waals surface area (Å²) in [6.07, 6.45) is 0.555. The van der Waals surface area contributed by atoms with Crippen LogP contribution in [-0.4, -0.2) is 46.1 Å². The number of aromatic nitrogens is 1. The standard InChI is InChI=1S/C13H24N4O2S/c1-8(2)15-13-16-11(14)10(20-13)12(19)17(9(3)4)6-5-7-18/h8-9,18H,5-7,14H2,1-4H3,(H,15,16). The van der Waals surface area contributed by atoms with Gasteiger partial charge in [-0.2, -0.15) is 0 Å². The number of thiazole rings is 1. The number of hydrogen-bond donors (Lipinski definition) is 3. The number of carbonyl (C=O) groups excluding carboxylic acids is 1. The Morgan fingerprint density at radius 1 is 1.45 bits per heavy atom. The van der Waals surface area contributed by atoms with Crippen molar-refractivity contribution in [3.63, 3.8) is 0 Å². The molecule has 0 unspecified atom stereocenters. The molecule has 4 N–H and O–H groups in total. The Labute approximate surface area is 124 Å². The van der Waals surface area contributed by atoms with E-state index < -0.39 is 0 Å². The molecule has 1 rings (SSSR count). The van der Waals surface area contributed by atoms with Crippen LogP contribution in [0, 0.1) is 0 Å². The first-order valence-electron chi connectivity index (χ1n) is 6.81. The number of nitrogens with one attached hydrogen (secondary N) is 1. The van der Waals surface area contributed by atoms with Gasteiger partial charge < -0.3 is 21.1 Å². The molecule has 0 bridgehead atoms. The molecule has 0 spiro atoms. The maximum absolute atomic E-state index is 12.5. The molecule has 0 aliphatic rings. The number of anilines is 2. The van der Waals surface area contributed by atoms with Gasteiger partial charge in [-0.1, -0.05) is 11.3 Å². The lowest BCUT2D eigenvalue weighted by atomic mass is 10.2. The predicted octanol–water partition coefficient (Wildman–Crippen LogP) is 1.78. The lowest BCUT2D eigenvalue weighted by molar-refractivity contribution is 0.0699. The number of hydrogen-bond acceptors (Lipinski definition) is 6. The van der Waals surface area contributed by atoms with Crippen molar-refractivity contribution >= 4 is 28.2 Å². The number of nitrogen functional groups attached to an aromatic ring is 1. The Balaban J connectivity index is 2.91. The average Bonchev–Trinajstić information content (AvgIpc) is 2.69. The van der Waals surface area contributed by atoms with Gasteiger partial charge in [-0.3, -0.25) is 4.79 Å². The Bertz CT molecular complexity index is 446. The van der Waals surface area contributed by atoms with E-state index in [2.05, 4.69) is 10.3 Å². The quantitative estimate of drug-likeness (QED) is 0.714. The van der Waals surface area contributed by atoms with E-state index in [1.54, 1.807) is 4.90 Å². The van der Waals surface area contributed by atoms with Gasteiger partial charge in [-0.05, 0) is 34.1 Å². The minimum Gasteiger partial charge on any atom is -0.396 e. The number of aliphatic hydroxyl groups excluding tert-OH is 1. The van der Waals surface area contributed by atoms with Crippen molar-refractivity contribution in [3.05, 3.63) is 4.88 Å². The van der Waals surface area contributed by atoms with Crippen molar-refractivity contribution < 1.29 is 9.90 Å². The van der Waals surface area contributed by atoms with Gasteiger partial charge in [0.05, 0.1) is 0 Å². The highest BCUT2D eigenvalue weighted by molar-refractivity contribution is 7.18. The second kappa shape index (κ2) is 7.44. The molecule has 0 fully saturated rings. The first-order chi connectivity index (χ1) is 9.36. The highest BCUT2D eigenvalue weighted by Gasteiger charge is 2.24. The van der Waals surface area contributed by atoms with E-state index in [1.165, 1.54) is 11.3 Å². The molecule has 0 atom stereocenters. The van der Waals surface area contributed by atoms with Gasteiger partial charge in [0.1, 0.15) is 10.7 Å². The monoisotopic (exact) mass is 300 g/mol. The SMILES string of the molecule is CC(C)Nc1nc(N)c(C(=O)N(CCCO)C(C)C)s1. The number of carbonyl (C=O) groups is 1. The van der Waals surface area contributed by atoms with Crippen LogP contribution in [0.15, 0.2) is 0 Å². The summed E-state index contributed by atoms with van der Waals surface area (Å²) in [6.45, 7) is 8.47. The summed E-state index contributed by atoms with van der Waals surface area (Å²) < 4.78 is 0. The lowest BCUT2D eigenvalue weighted by Crippen LogP contribution is -2.38. The van der Waals surface area contributed by atoms with Crippen LogP contribution < -0.4 is 11.1 Å². The normalized spacial score (nSPS) is 11.2. The minimum atomic E-state index is -0.125. The van der Waals surface area contributed by atoms with Gasteiger partial charge in [0.2, 0.25) is 0 Å². The molecule has 0 aliphatic heterocycles. The zero-order valence-corrected chi connectivity index (χ0v) is 13.3. The third-order valence-electron chi connectivity index (χ3n) is 2.70. The molecule has 1 aromatic rings. The molecule has 6 nitrogen and oxygen atoms in total. The zero-order valence-electron chi connectivity index (χ0n) is 12.5. The number of nitrogens with two attached hydrogens (primary N) is 1. The van der Waals surface area contributed by atoms with Crippen LogP contribution in [0.1, 0.15) is 43.8 Å². The third-order valence-corrected chi connectivity index (χ3v) is 3.69. The molecular weight excluding hydrogens is 276 g/mol. The molecule has 0 aliphatic carbocycles. The molecule has 0 radical (unpaired) electrons. The molecular formula is C13H24N4O2S. The largest absolute Gasteiger partial charge is 0.396 e. The van der Waals surface area contributed by atoms with Crippen molar-refractivity contribution in [1.29, 1.82) is 0 Å². The van der Waals surface area contributed by atoms with Crippen LogP contribution in [-0.2, 0) is 0 Å². The predicted molar refractivity (Wildman–Crippen MR) is 83.2 cm³/mol. The van der Waals surface area contributed by atoms with Crippen molar-refractivity contribution in [2.45, 2.75) is 46.2 Å². The highest BCUT2D eigenvalue weighted by atomic mass is 32.1. The second-order valence-electron chi connectivity index (χ2n) is 5.20. The van der Waals surface area contributed by atoms with E-state index in [1.807, 2.05) is 27.7 Å². The topological polar surface area (TPSA) is 91.5 Å². The highest BCUT2D eigenvalue weighted by Crippen LogP contribution is 2.27. The van der Waals surface area contributed by atoms with Crippen molar-refractivity contribution in [2.24, 2.45) is 0 Å². The van der Waals surface area contributed by atoms with E-state index in [0.717, 1.165) is 0 Å². The number of nitrogens with zero attached hydrogens (tertiary/aromatic N) is 2. The Morgan fingerprint density at radius 2 is 2.10 bits per heavy atom. The lowest BCUT2D eigenvalue weighted by Gasteiger charge is -2.26. The summed E-state index contributed by atoms with van der Waals surface area (Å²) in [7, 11) is 0. The second-order valence-corrected chi connectivity index (χ2v) is 6.20. The fourth-order valence-corrected chi connectivity index (χ4v) is 2.75. The average molecular weight is 300 g/mol. The van der Waals surface area contributed by atoms with Gasteiger partial charge in [-0.15, -0.1) is 0 Å². The molecule has 0 saturated heterocycles. The van der Waals surface area contributed by atoms with Crippen molar-refractivity contribution in [2.75, 3.05) is 24.2 Å². The third kappa shape index (κ3) is 4.35. The van der Waals surface area contributed by atoms with Crippen molar-refractivity contribution in [3.8, 4) is 0 Å². The fraction of sp³-hybridized carbons (Fsp3) is 0.692. The van der Waals surface area contributed by atoms with Crippen LogP contribution in [0.5, 0.6) is 0 Å². The maximum Gasteiger partial charge on any atom is 0.268 e. The van der Waals surface area contributed by atoms with Crippen LogP contribution in [0.4, 0.5) is 10.9 Å². The molecule has 1 amide bonds. The number of rotatable bonds is 7. The molecule has 20 heavy (non-hydrogen) atoms. The van der Waals surface area contributed by atoms with Crippen molar-refractivity contribution in [1.82, 2.24) is 9.88 Å². The molecule has 114 valence electrons. The van der Waals surface area contributed by atoms with E-state index >= 15 is 0 Å². The Hall–Kier alpha value is -1.34.